The molecule has 0 aliphatic carbocycles. The quantitative estimate of drug-likeness (QED) is 0.796. The number of aromatic nitrogens is 4. The minimum atomic E-state index is -1.12. The Morgan fingerprint density at radius 1 is 1.53 bits per heavy atom. The van der Waals surface area contributed by atoms with Gasteiger partial charge in [0.15, 0.2) is 5.65 Å². The fourth-order valence-electron chi connectivity index (χ4n) is 1.85. The zero-order valence-corrected chi connectivity index (χ0v) is 10.7. The smallest absolute Gasteiger partial charge is 0.352 e. The molecule has 2 rings (SSSR count). The second-order valence-corrected chi connectivity index (χ2v) is 3.98. The van der Waals surface area contributed by atoms with Gasteiger partial charge in [0.2, 0.25) is 0 Å². The lowest BCUT2D eigenvalue weighted by Crippen LogP contribution is -2.26. The standard InChI is InChI=1S/C11H14N4O4/c1-3-8-12-7(6-19-2)4-9-13-14(5-10(16)17)11(18)15(8)9/h4H,3,5-6H2,1-2H3,(H,16,17). The van der Waals surface area contributed by atoms with Gasteiger partial charge in [0, 0.05) is 19.6 Å². The SMILES string of the molecule is CCc1nc(COC)cc2nn(CC(=O)O)c(=O)n12. The molecule has 0 bridgehead atoms. The van der Waals surface area contributed by atoms with Gasteiger partial charge in [0.05, 0.1) is 12.3 Å². The van der Waals surface area contributed by atoms with E-state index in [4.69, 9.17) is 9.84 Å². The minimum Gasteiger partial charge on any atom is -0.480 e. The van der Waals surface area contributed by atoms with E-state index in [2.05, 4.69) is 10.1 Å². The van der Waals surface area contributed by atoms with E-state index in [1.54, 1.807) is 13.2 Å². The Morgan fingerprint density at radius 3 is 2.84 bits per heavy atom. The van der Waals surface area contributed by atoms with Crippen molar-refractivity contribution in [2.45, 2.75) is 26.5 Å². The van der Waals surface area contributed by atoms with Gasteiger partial charge < -0.3 is 9.84 Å². The van der Waals surface area contributed by atoms with Crippen molar-refractivity contribution in [1.29, 1.82) is 0 Å². The lowest BCUT2D eigenvalue weighted by atomic mass is 10.3. The number of carboxylic acids is 1. The van der Waals surface area contributed by atoms with E-state index >= 15 is 0 Å². The third kappa shape index (κ3) is 2.48. The number of methoxy groups -OCH3 is 1. The van der Waals surface area contributed by atoms with Crippen LogP contribution in [0.15, 0.2) is 10.9 Å². The molecule has 0 atom stereocenters. The van der Waals surface area contributed by atoms with Crippen LogP contribution in [0.25, 0.3) is 5.65 Å². The van der Waals surface area contributed by atoms with Crippen LogP contribution in [-0.4, -0.2) is 37.4 Å². The average Bonchev–Trinajstić information content (AvgIpc) is 2.65. The molecule has 0 saturated carbocycles. The van der Waals surface area contributed by atoms with Crippen LogP contribution in [0, 0.1) is 0 Å². The summed E-state index contributed by atoms with van der Waals surface area (Å²) in [5, 5.41) is 12.7. The van der Waals surface area contributed by atoms with E-state index in [1.807, 2.05) is 6.92 Å². The number of ether oxygens (including phenoxy) is 1. The fourth-order valence-corrected chi connectivity index (χ4v) is 1.85. The van der Waals surface area contributed by atoms with Crippen molar-refractivity contribution in [2.75, 3.05) is 7.11 Å². The Balaban J connectivity index is 2.64. The van der Waals surface area contributed by atoms with Gasteiger partial charge in [0.25, 0.3) is 0 Å². The average molecular weight is 266 g/mol. The van der Waals surface area contributed by atoms with Gasteiger partial charge >= 0.3 is 11.7 Å². The number of carboxylic acid groups (broad SMARTS) is 1. The number of carbonyl (C=O) groups is 1. The Morgan fingerprint density at radius 2 is 2.26 bits per heavy atom. The van der Waals surface area contributed by atoms with Gasteiger partial charge in [-0.2, -0.15) is 0 Å². The Labute approximate surface area is 108 Å². The highest BCUT2D eigenvalue weighted by molar-refractivity contribution is 5.66. The van der Waals surface area contributed by atoms with Gasteiger partial charge in [-0.05, 0) is 0 Å². The zero-order chi connectivity index (χ0) is 14.0. The molecule has 0 spiro atoms. The van der Waals surface area contributed by atoms with E-state index in [9.17, 15) is 9.59 Å². The summed E-state index contributed by atoms with van der Waals surface area (Å²) >= 11 is 0. The summed E-state index contributed by atoms with van der Waals surface area (Å²) in [6.07, 6.45) is 0.534. The molecule has 2 heterocycles. The maximum absolute atomic E-state index is 12.0. The minimum absolute atomic E-state index is 0.309. The molecule has 0 saturated heterocycles. The Kier molecular flexibility index (Phi) is 3.61. The van der Waals surface area contributed by atoms with Crippen LogP contribution in [0.4, 0.5) is 0 Å². The van der Waals surface area contributed by atoms with Crippen molar-refractivity contribution in [2.24, 2.45) is 0 Å². The highest BCUT2D eigenvalue weighted by Crippen LogP contribution is 2.06. The van der Waals surface area contributed by atoms with Crippen molar-refractivity contribution < 1.29 is 14.6 Å². The summed E-state index contributed by atoms with van der Waals surface area (Å²) in [4.78, 5) is 27.0. The van der Waals surface area contributed by atoms with Crippen molar-refractivity contribution in [3.8, 4) is 0 Å². The number of fused-ring (bicyclic) bond motifs is 1. The summed E-state index contributed by atoms with van der Waals surface area (Å²) in [5.41, 5.74) is 0.537. The molecule has 8 heteroatoms. The molecular weight excluding hydrogens is 252 g/mol. The summed E-state index contributed by atoms with van der Waals surface area (Å²) in [6.45, 7) is 1.70. The van der Waals surface area contributed by atoms with Crippen molar-refractivity contribution in [1.82, 2.24) is 19.2 Å². The Hall–Kier alpha value is -2.22. The molecule has 0 aromatic carbocycles. The summed E-state index contributed by atoms with van der Waals surface area (Å²) < 4.78 is 7.23. The molecule has 0 aliphatic rings. The molecule has 8 nitrogen and oxygen atoms in total. The molecule has 2 aromatic heterocycles. The molecular formula is C11H14N4O4. The first-order valence-corrected chi connectivity index (χ1v) is 5.76. The molecule has 0 amide bonds. The number of nitrogens with zero attached hydrogens (tertiary/aromatic N) is 4. The summed E-state index contributed by atoms with van der Waals surface area (Å²) in [6, 6.07) is 1.61. The number of aryl methyl sites for hydroxylation is 1. The van der Waals surface area contributed by atoms with E-state index in [-0.39, 0.29) is 0 Å². The predicted molar refractivity (Wildman–Crippen MR) is 65.0 cm³/mol. The first kappa shape index (κ1) is 13.2. The summed E-state index contributed by atoms with van der Waals surface area (Å²) in [7, 11) is 1.55. The highest BCUT2D eigenvalue weighted by Gasteiger charge is 2.14. The lowest BCUT2D eigenvalue weighted by molar-refractivity contribution is -0.137. The van der Waals surface area contributed by atoms with Crippen LogP contribution in [0.1, 0.15) is 18.4 Å². The third-order valence-corrected chi connectivity index (χ3v) is 2.58. The molecule has 1 N–H and O–H groups in total. The molecule has 0 fully saturated rings. The zero-order valence-electron chi connectivity index (χ0n) is 10.7. The predicted octanol–water partition coefficient (Wildman–Crippen LogP) is -0.316. The molecule has 0 unspecified atom stereocenters. The lowest BCUT2D eigenvalue weighted by Gasteiger charge is -2.03. The Bertz CT molecular complexity index is 673. The van der Waals surface area contributed by atoms with Gasteiger partial charge in [-0.25, -0.2) is 18.9 Å². The maximum Gasteiger partial charge on any atom is 0.352 e. The van der Waals surface area contributed by atoms with Crippen LogP contribution in [0.3, 0.4) is 0 Å². The summed E-state index contributed by atoms with van der Waals surface area (Å²) in [5.74, 6) is -0.584. The molecule has 19 heavy (non-hydrogen) atoms. The molecule has 2 aromatic rings. The highest BCUT2D eigenvalue weighted by atomic mass is 16.5. The van der Waals surface area contributed by atoms with Gasteiger partial charge in [-0.3, -0.25) is 4.79 Å². The fraction of sp³-hybridized carbons (Fsp3) is 0.455. The molecule has 102 valence electrons. The maximum atomic E-state index is 12.0. The topological polar surface area (TPSA) is 98.7 Å². The number of hydrogen-bond donors (Lipinski definition) is 1. The monoisotopic (exact) mass is 266 g/mol. The number of rotatable bonds is 5. The molecule has 0 radical (unpaired) electrons. The molecule has 0 aliphatic heterocycles. The van der Waals surface area contributed by atoms with Gasteiger partial charge in [-0.15, -0.1) is 5.10 Å². The van der Waals surface area contributed by atoms with Crippen LogP contribution >= 0.6 is 0 Å². The normalized spacial score (nSPS) is 11.1. The third-order valence-electron chi connectivity index (χ3n) is 2.58. The van der Waals surface area contributed by atoms with Crippen LogP contribution in [0.2, 0.25) is 0 Å². The second kappa shape index (κ2) is 5.19. The largest absolute Gasteiger partial charge is 0.480 e. The van der Waals surface area contributed by atoms with E-state index in [0.29, 0.717) is 30.2 Å². The second-order valence-electron chi connectivity index (χ2n) is 3.98. The van der Waals surface area contributed by atoms with E-state index in [1.165, 1.54) is 4.40 Å². The first-order chi connectivity index (χ1) is 9.06. The van der Waals surface area contributed by atoms with E-state index in [0.717, 1.165) is 4.68 Å². The van der Waals surface area contributed by atoms with Crippen LogP contribution < -0.4 is 5.69 Å². The van der Waals surface area contributed by atoms with Crippen molar-refractivity contribution in [3.63, 3.8) is 0 Å². The van der Waals surface area contributed by atoms with Gasteiger partial charge in [-0.1, -0.05) is 6.92 Å². The van der Waals surface area contributed by atoms with Crippen molar-refractivity contribution >= 4 is 11.6 Å². The number of hydrogen-bond acceptors (Lipinski definition) is 5. The van der Waals surface area contributed by atoms with Gasteiger partial charge in [0.1, 0.15) is 12.4 Å². The van der Waals surface area contributed by atoms with Crippen LogP contribution in [-0.2, 0) is 29.1 Å². The van der Waals surface area contributed by atoms with Crippen molar-refractivity contribution in [3.05, 3.63) is 28.1 Å². The van der Waals surface area contributed by atoms with Crippen LogP contribution in [0.5, 0.6) is 0 Å². The van der Waals surface area contributed by atoms with E-state index < -0.39 is 18.2 Å². The first-order valence-electron chi connectivity index (χ1n) is 5.76. The number of aliphatic carboxylic acids is 1.